The lowest BCUT2D eigenvalue weighted by atomic mass is 9.83. The first-order valence-corrected chi connectivity index (χ1v) is 12.1. The Balaban J connectivity index is 1.51. The van der Waals surface area contributed by atoms with E-state index in [-0.39, 0.29) is 72.7 Å². The lowest BCUT2D eigenvalue weighted by Crippen LogP contribution is -2.44. The largest absolute Gasteiger partial charge is 0.435 e. The maximum atomic E-state index is 13.8. The predicted molar refractivity (Wildman–Crippen MR) is 120 cm³/mol. The van der Waals surface area contributed by atoms with E-state index in [0.717, 1.165) is 10.5 Å². The lowest BCUT2D eigenvalue weighted by Gasteiger charge is -2.28. The highest BCUT2D eigenvalue weighted by atomic mass is 35.5. The van der Waals surface area contributed by atoms with Gasteiger partial charge in [0.1, 0.15) is 10.8 Å². The number of carbonyl (C=O) groups excluding carboxylic acids is 2. The van der Waals surface area contributed by atoms with Crippen molar-refractivity contribution >= 4 is 29.1 Å². The molecule has 2 amide bonds. The average molecular weight is 537 g/mol. The van der Waals surface area contributed by atoms with Crippen LogP contribution >= 0.6 is 11.6 Å². The first-order valence-electron chi connectivity index (χ1n) is 11.7. The summed E-state index contributed by atoms with van der Waals surface area (Å²) in [4.78, 5) is 28.4. The summed E-state index contributed by atoms with van der Waals surface area (Å²) in [6, 6.07) is 2.31. The van der Waals surface area contributed by atoms with E-state index in [1.165, 1.54) is 6.07 Å². The summed E-state index contributed by atoms with van der Waals surface area (Å²) < 4.78 is 74.7. The Morgan fingerprint density at radius 1 is 1.14 bits per heavy atom. The van der Waals surface area contributed by atoms with Gasteiger partial charge in [0.05, 0.1) is 12.2 Å². The number of aromatic nitrogens is 2. The summed E-state index contributed by atoms with van der Waals surface area (Å²) in [7, 11) is 0. The van der Waals surface area contributed by atoms with E-state index >= 15 is 0 Å². The highest BCUT2D eigenvalue weighted by Gasteiger charge is 2.40. The zero-order valence-electron chi connectivity index (χ0n) is 19.3. The molecular formula is C23H26ClF5N4O3. The highest BCUT2D eigenvalue weighted by Crippen LogP contribution is 2.40. The molecule has 1 aliphatic carbocycles. The number of alkyl halides is 5. The molecule has 1 aliphatic heterocycles. The average Bonchev–Trinajstić information content (AvgIpc) is 3.19. The van der Waals surface area contributed by atoms with Crippen LogP contribution in [-0.2, 0) is 22.1 Å². The second kappa shape index (κ2) is 10.5. The molecule has 0 aromatic carbocycles. The van der Waals surface area contributed by atoms with Crippen molar-refractivity contribution in [2.75, 3.05) is 19.8 Å². The van der Waals surface area contributed by atoms with Crippen molar-refractivity contribution in [1.29, 1.82) is 0 Å². The van der Waals surface area contributed by atoms with Crippen molar-refractivity contribution in [1.82, 2.24) is 20.0 Å². The molecule has 13 heteroatoms. The molecule has 198 valence electrons. The topological polar surface area (TPSA) is 84.7 Å². The second-order valence-corrected chi connectivity index (χ2v) is 9.69. The maximum Gasteiger partial charge on any atom is 0.435 e. The van der Waals surface area contributed by atoms with Crippen LogP contribution in [0.1, 0.15) is 60.3 Å². The molecule has 7 nitrogen and oxygen atoms in total. The first kappa shape index (κ1) is 26.6. The van der Waals surface area contributed by atoms with Crippen molar-refractivity contribution in [3.8, 4) is 0 Å². The van der Waals surface area contributed by atoms with E-state index in [1.807, 2.05) is 0 Å². The summed E-state index contributed by atoms with van der Waals surface area (Å²) in [5.41, 5.74) is -1.63. The van der Waals surface area contributed by atoms with Gasteiger partial charge < -0.3 is 15.4 Å². The normalized spacial score (nSPS) is 19.4. The van der Waals surface area contributed by atoms with Gasteiger partial charge in [-0.1, -0.05) is 11.6 Å². The predicted octanol–water partition coefficient (Wildman–Crippen LogP) is 4.40. The monoisotopic (exact) mass is 536 g/mol. The summed E-state index contributed by atoms with van der Waals surface area (Å²) >= 11 is 6.29. The molecule has 36 heavy (non-hydrogen) atoms. The number of halogens is 6. The Kier molecular flexibility index (Phi) is 7.75. The van der Waals surface area contributed by atoms with Crippen LogP contribution in [0.5, 0.6) is 0 Å². The molecule has 2 N–H and O–H groups in total. The number of pyridine rings is 1. The van der Waals surface area contributed by atoms with Gasteiger partial charge in [-0.3, -0.25) is 14.0 Å². The quantitative estimate of drug-likeness (QED) is 0.423. The molecule has 0 bridgehead atoms. The van der Waals surface area contributed by atoms with Gasteiger partial charge >= 0.3 is 6.18 Å². The number of fused-ring (bicyclic) bond motifs is 1. The van der Waals surface area contributed by atoms with Crippen LogP contribution in [-0.4, -0.2) is 52.9 Å². The van der Waals surface area contributed by atoms with Crippen LogP contribution in [0, 0.1) is 5.92 Å². The molecule has 0 unspecified atom stereocenters. The molecule has 1 saturated carbocycles. The number of imidazole rings is 1. The summed E-state index contributed by atoms with van der Waals surface area (Å²) in [6.45, 7) is 0.753. The van der Waals surface area contributed by atoms with E-state index in [4.69, 9.17) is 16.3 Å². The van der Waals surface area contributed by atoms with E-state index in [0.29, 0.717) is 26.1 Å². The zero-order chi connectivity index (χ0) is 26.1. The van der Waals surface area contributed by atoms with Crippen molar-refractivity contribution in [3.05, 3.63) is 34.2 Å². The van der Waals surface area contributed by atoms with Crippen molar-refractivity contribution in [2.24, 2.45) is 5.92 Å². The van der Waals surface area contributed by atoms with E-state index < -0.39 is 29.6 Å². The molecule has 4 rings (SSSR count). The van der Waals surface area contributed by atoms with Gasteiger partial charge in [-0.05, 0) is 50.2 Å². The van der Waals surface area contributed by atoms with Gasteiger partial charge in [0, 0.05) is 37.7 Å². The molecule has 2 aromatic heterocycles. The second-order valence-electron chi connectivity index (χ2n) is 9.31. The fraction of sp³-hybridized carbons (Fsp3) is 0.609. The molecule has 2 aromatic rings. The van der Waals surface area contributed by atoms with Gasteiger partial charge in [-0.2, -0.15) is 13.2 Å². The minimum atomic E-state index is -4.80. The fourth-order valence-corrected chi connectivity index (χ4v) is 4.99. The lowest BCUT2D eigenvalue weighted by molar-refractivity contribution is -0.141. The summed E-state index contributed by atoms with van der Waals surface area (Å²) in [5, 5.41) is 5.05. The van der Waals surface area contributed by atoms with Crippen molar-refractivity contribution in [2.45, 2.75) is 63.1 Å². The number of nitrogens with one attached hydrogen (secondary N) is 2. The van der Waals surface area contributed by atoms with Gasteiger partial charge in [0.2, 0.25) is 11.8 Å². The number of carbonyl (C=O) groups is 2. The molecule has 2 fully saturated rings. The summed E-state index contributed by atoms with van der Waals surface area (Å²) in [6.07, 6.45) is -4.17. The van der Waals surface area contributed by atoms with Gasteiger partial charge in [0.25, 0.3) is 5.91 Å². The maximum absolute atomic E-state index is 13.8. The van der Waals surface area contributed by atoms with Crippen LogP contribution < -0.4 is 10.6 Å². The third-order valence-electron chi connectivity index (χ3n) is 6.62. The van der Waals surface area contributed by atoms with Crippen LogP contribution in [0.3, 0.4) is 0 Å². The smallest absolute Gasteiger partial charge is 0.381 e. The van der Waals surface area contributed by atoms with Gasteiger partial charge in [0.15, 0.2) is 5.69 Å². The minimum Gasteiger partial charge on any atom is -0.381 e. The summed E-state index contributed by atoms with van der Waals surface area (Å²) in [5.74, 6) is -4.28. The Labute approximate surface area is 208 Å². The Morgan fingerprint density at radius 3 is 2.44 bits per heavy atom. The Morgan fingerprint density at radius 2 is 1.81 bits per heavy atom. The molecule has 2 aliphatic rings. The van der Waals surface area contributed by atoms with Crippen LogP contribution in [0.2, 0.25) is 5.15 Å². The minimum absolute atomic E-state index is 0.0477. The highest BCUT2D eigenvalue weighted by molar-refractivity contribution is 6.30. The molecular weight excluding hydrogens is 511 g/mol. The first-order chi connectivity index (χ1) is 16.9. The Hall–Kier alpha value is -2.47. The molecule has 0 spiro atoms. The van der Waals surface area contributed by atoms with Gasteiger partial charge in [-0.25, -0.2) is 13.8 Å². The third-order valence-corrected chi connectivity index (χ3v) is 6.90. The molecule has 0 atom stereocenters. The van der Waals surface area contributed by atoms with E-state index in [9.17, 15) is 31.5 Å². The number of nitrogens with zero attached hydrogens (tertiary/aromatic N) is 2. The van der Waals surface area contributed by atoms with Crippen molar-refractivity contribution < 1.29 is 36.3 Å². The SMILES string of the molecule is O=C(CNC(=O)c1cc(Cl)n2c(CC3CCC(F)(F)CC3)c(C(F)(F)F)nc2c1)NC1CCOCC1. The van der Waals surface area contributed by atoms with Crippen molar-refractivity contribution in [3.63, 3.8) is 0 Å². The number of hydrogen-bond donors (Lipinski definition) is 2. The zero-order valence-corrected chi connectivity index (χ0v) is 20.0. The third kappa shape index (κ3) is 6.26. The molecule has 3 heterocycles. The van der Waals surface area contributed by atoms with Gasteiger partial charge in [-0.15, -0.1) is 0 Å². The molecule has 1 saturated heterocycles. The van der Waals surface area contributed by atoms with Crippen LogP contribution in [0.4, 0.5) is 22.0 Å². The van der Waals surface area contributed by atoms with Crippen LogP contribution in [0.25, 0.3) is 5.65 Å². The van der Waals surface area contributed by atoms with E-state index in [2.05, 4.69) is 15.6 Å². The fourth-order valence-electron chi connectivity index (χ4n) is 4.69. The number of amides is 2. The number of ether oxygens (including phenoxy) is 1. The Bertz CT molecular complexity index is 1120. The van der Waals surface area contributed by atoms with Crippen LogP contribution in [0.15, 0.2) is 12.1 Å². The number of hydrogen-bond acceptors (Lipinski definition) is 4. The van der Waals surface area contributed by atoms with E-state index in [1.54, 1.807) is 0 Å². The number of rotatable bonds is 6. The molecule has 0 radical (unpaired) electrons. The standard InChI is InChI=1S/C23H26ClF5N4O3/c24-17-10-14(21(35)30-12-19(34)31-15-3-7-36-8-4-15)11-18-32-20(23(27,28)29)16(33(17)18)9-13-1-5-22(25,26)6-2-13/h10-11,13,15H,1-9,12H2,(H,30,35)(H,31,34).